The predicted molar refractivity (Wildman–Crippen MR) is 56.0 cm³/mol. The van der Waals surface area contributed by atoms with Crippen LogP contribution in [0.1, 0.15) is 6.42 Å². The van der Waals surface area contributed by atoms with Crippen molar-refractivity contribution in [1.29, 1.82) is 0 Å². The lowest BCUT2D eigenvalue weighted by atomic mass is 10.3. The Kier molecular flexibility index (Phi) is 2.81. The molecule has 1 fully saturated rings. The lowest BCUT2D eigenvalue weighted by molar-refractivity contribution is -0.137. The van der Waals surface area contributed by atoms with Crippen LogP contribution < -0.4 is 5.73 Å². The minimum atomic E-state index is -0.385. The van der Waals surface area contributed by atoms with E-state index in [0.717, 1.165) is 0 Å². The summed E-state index contributed by atoms with van der Waals surface area (Å²) in [6.45, 7) is 0.446. The molecule has 80 valence electrons. The van der Waals surface area contributed by atoms with Crippen LogP contribution in [0.2, 0.25) is 0 Å². The van der Waals surface area contributed by atoms with Gasteiger partial charge in [0.2, 0.25) is 0 Å². The van der Waals surface area contributed by atoms with E-state index in [9.17, 15) is 9.18 Å². The van der Waals surface area contributed by atoms with Gasteiger partial charge in [0.1, 0.15) is 11.1 Å². The summed E-state index contributed by atoms with van der Waals surface area (Å²) in [4.78, 5) is 11.8. The minimum absolute atomic E-state index is 0.230. The second-order valence-electron chi connectivity index (χ2n) is 3.28. The van der Waals surface area contributed by atoms with Crippen molar-refractivity contribution in [2.45, 2.75) is 16.6 Å². The van der Waals surface area contributed by atoms with Gasteiger partial charge in [-0.2, -0.15) is 0 Å². The smallest absolute Gasteiger partial charge is 0.319 e. The third-order valence-corrected chi connectivity index (χ3v) is 3.28. The highest BCUT2D eigenvalue weighted by Crippen LogP contribution is 2.31. The number of cyclic esters (lactones) is 1. The van der Waals surface area contributed by atoms with Gasteiger partial charge in [-0.1, -0.05) is 0 Å². The molecule has 0 bridgehead atoms. The molecule has 2 rings (SSSR count). The molecule has 5 heteroatoms. The molecule has 1 unspecified atom stereocenters. The van der Waals surface area contributed by atoms with Crippen LogP contribution in [0.5, 0.6) is 0 Å². The van der Waals surface area contributed by atoms with Crippen molar-refractivity contribution in [2.24, 2.45) is 0 Å². The van der Waals surface area contributed by atoms with Gasteiger partial charge in [-0.3, -0.25) is 4.79 Å². The van der Waals surface area contributed by atoms with Gasteiger partial charge in [0.05, 0.1) is 6.61 Å². The molecule has 3 nitrogen and oxygen atoms in total. The summed E-state index contributed by atoms with van der Waals surface area (Å²) in [5.41, 5.74) is 5.86. The van der Waals surface area contributed by atoms with E-state index in [2.05, 4.69) is 0 Å². The summed E-state index contributed by atoms with van der Waals surface area (Å²) < 4.78 is 17.8. The monoisotopic (exact) mass is 227 g/mol. The molecule has 1 heterocycles. The fourth-order valence-electron chi connectivity index (χ4n) is 1.40. The molecule has 2 N–H and O–H groups in total. The number of thioether (sulfide) groups is 1. The summed E-state index contributed by atoms with van der Waals surface area (Å²) in [5, 5.41) is -0.230. The van der Waals surface area contributed by atoms with Gasteiger partial charge >= 0.3 is 5.97 Å². The number of hydrogen-bond acceptors (Lipinski definition) is 4. The first-order valence-electron chi connectivity index (χ1n) is 4.54. The van der Waals surface area contributed by atoms with Gasteiger partial charge < -0.3 is 10.5 Å². The van der Waals surface area contributed by atoms with E-state index < -0.39 is 0 Å². The maximum absolute atomic E-state index is 13.0. The van der Waals surface area contributed by atoms with Crippen LogP contribution in [0.4, 0.5) is 10.1 Å². The molecular formula is C10H10FNO2S. The summed E-state index contributed by atoms with van der Waals surface area (Å²) >= 11 is 1.29. The first-order valence-corrected chi connectivity index (χ1v) is 5.42. The molecule has 0 radical (unpaired) electrons. The molecule has 1 aromatic carbocycles. The van der Waals surface area contributed by atoms with E-state index in [0.29, 0.717) is 23.6 Å². The minimum Gasteiger partial charge on any atom is -0.465 e. The Balaban J connectivity index is 2.13. The van der Waals surface area contributed by atoms with Gasteiger partial charge in [-0.15, -0.1) is 11.8 Å². The molecule has 0 saturated carbocycles. The van der Waals surface area contributed by atoms with Crippen LogP contribution >= 0.6 is 11.8 Å². The van der Waals surface area contributed by atoms with Crippen LogP contribution in [-0.2, 0) is 9.53 Å². The largest absolute Gasteiger partial charge is 0.465 e. The molecule has 1 saturated heterocycles. The number of carbonyl (C=O) groups is 1. The Hall–Kier alpha value is -1.23. The predicted octanol–water partition coefficient (Wildman–Crippen LogP) is 1.82. The van der Waals surface area contributed by atoms with Gasteiger partial charge in [0, 0.05) is 17.0 Å². The molecule has 1 aromatic rings. The van der Waals surface area contributed by atoms with Crippen molar-refractivity contribution in [3.63, 3.8) is 0 Å². The molecule has 0 spiro atoms. The highest BCUT2D eigenvalue weighted by atomic mass is 32.2. The fraction of sp³-hybridized carbons (Fsp3) is 0.300. The number of halogens is 1. The zero-order chi connectivity index (χ0) is 10.8. The quantitative estimate of drug-likeness (QED) is 0.618. The molecule has 1 aliphatic rings. The number of ether oxygens (including phenoxy) is 1. The first-order chi connectivity index (χ1) is 7.15. The van der Waals surface area contributed by atoms with Crippen LogP contribution in [0.25, 0.3) is 0 Å². The van der Waals surface area contributed by atoms with Crippen LogP contribution in [-0.4, -0.2) is 17.8 Å². The Morgan fingerprint density at radius 3 is 2.87 bits per heavy atom. The summed E-state index contributed by atoms with van der Waals surface area (Å²) in [6.07, 6.45) is 0.667. The van der Waals surface area contributed by atoms with Crippen molar-refractivity contribution < 1.29 is 13.9 Å². The summed E-state index contributed by atoms with van der Waals surface area (Å²) in [6, 6.07) is 4.27. The van der Waals surface area contributed by atoms with Gasteiger partial charge in [0.15, 0.2) is 0 Å². The molecule has 1 aliphatic heterocycles. The van der Waals surface area contributed by atoms with E-state index in [1.54, 1.807) is 6.07 Å². The number of rotatable bonds is 2. The number of nitrogens with two attached hydrogens (primary N) is 1. The Morgan fingerprint density at radius 1 is 1.47 bits per heavy atom. The third kappa shape index (κ3) is 2.41. The average molecular weight is 227 g/mol. The molecule has 1 atom stereocenters. The SMILES string of the molecule is Nc1cc(F)cc(SC2CCOC2=O)c1. The fourth-order valence-corrected chi connectivity index (χ4v) is 2.49. The summed E-state index contributed by atoms with van der Waals surface area (Å²) in [7, 11) is 0. The molecule has 0 aliphatic carbocycles. The van der Waals surface area contributed by atoms with E-state index in [1.165, 1.54) is 23.9 Å². The Bertz CT molecular complexity index is 377. The van der Waals surface area contributed by atoms with Gasteiger partial charge in [-0.25, -0.2) is 4.39 Å². The molecule has 0 aromatic heterocycles. The number of anilines is 1. The number of benzene rings is 1. The highest BCUT2D eigenvalue weighted by molar-refractivity contribution is 8.00. The van der Waals surface area contributed by atoms with E-state index in [1.807, 2.05) is 0 Å². The average Bonchev–Trinajstić information content (AvgIpc) is 2.50. The topological polar surface area (TPSA) is 52.3 Å². The van der Waals surface area contributed by atoms with Crippen LogP contribution in [0, 0.1) is 5.82 Å². The first kappa shape index (κ1) is 10.3. The van der Waals surface area contributed by atoms with Crippen LogP contribution in [0.3, 0.4) is 0 Å². The zero-order valence-corrected chi connectivity index (χ0v) is 8.72. The maximum atomic E-state index is 13.0. The van der Waals surface area contributed by atoms with Gasteiger partial charge in [-0.05, 0) is 18.2 Å². The van der Waals surface area contributed by atoms with E-state index in [4.69, 9.17) is 10.5 Å². The Labute approximate surface area is 90.8 Å². The van der Waals surface area contributed by atoms with Crippen LogP contribution in [0.15, 0.2) is 23.1 Å². The standard InChI is InChI=1S/C10H10FNO2S/c11-6-3-7(12)5-8(4-6)15-9-1-2-14-10(9)13/h3-5,9H,1-2,12H2. The number of hydrogen-bond donors (Lipinski definition) is 1. The third-order valence-electron chi connectivity index (χ3n) is 2.06. The van der Waals surface area contributed by atoms with Crippen molar-refractivity contribution in [3.05, 3.63) is 24.0 Å². The maximum Gasteiger partial charge on any atom is 0.319 e. The van der Waals surface area contributed by atoms with Crippen molar-refractivity contribution in [2.75, 3.05) is 12.3 Å². The lowest BCUT2D eigenvalue weighted by Gasteiger charge is -2.06. The Morgan fingerprint density at radius 2 is 2.27 bits per heavy atom. The molecule has 15 heavy (non-hydrogen) atoms. The second-order valence-corrected chi connectivity index (χ2v) is 4.56. The molecular weight excluding hydrogens is 217 g/mol. The van der Waals surface area contributed by atoms with E-state index in [-0.39, 0.29) is 17.0 Å². The molecule has 0 amide bonds. The second kappa shape index (κ2) is 4.10. The highest BCUT2D eigenvalue weighted by Gasteiger charge is 2.27. The number of nitrogen functional groups attached to an aromatic ring is 1. The zero-order valence-electron chi connectivity index (χ0n) is 7.90. The number of carbonyl (C=O) groups excluding carboxylic acids is 1. The summed E-state index contributed by atoms with van der Waals surface area (Å²) in [5.74, 6) is -0.619. The number of esters is 1. The lowest BCUT2D eigenvalue weighted by Crippen LogP contribution is -2.09. The van der Waals surface area contributed by atoms with E-state index >= 15 is 0 Å². The normalized spacial score (nSPS) is 20.3. The van der Waals surface area contributed by atoms with Crippen molar-refractivity contribution in [3.8, 4) is 0 Å². The van der Waals surface area contributed by atoms with Crippen molar-refractivity contribution >= 4 is 23.4 Å². The van der Waals surface area contributed by atoms with Crippen molar-refractivity contribution in [1.82, 2.24) is 0 Å². The van der Waals surface area contributed by atoms with Gasteiger partial charge in [0.25, 0.3) is 0 Å².